The van der Waals surface area contributed by atoms with Crippen molar-refractivity contribution in [3.8, 4) is 0 Å². The molecule has 0 aromatic carbocycles. The van der Waals surface area contributed by atoms with E-state index in [1.807, 2.05) is 0 Å². The summed E-state index contributed by atoms with van der Waals surface area (Å²) in [7, 11) is 0. The van der Waals surface area contributed by atoms with Crippen molar-refractivity contribution in [2.24, 2.45) is 23.6 Å². The summed E-state index contributed by atoms with van der Waals surface area (Å²) in [5.74, 6) is 7.76. The van der Waals surface area contributed by atoms with Gasteiger partial charge >= 0.3 is 0 Å². The first-order valence-corrected chi connectivity index (χ1v) is 6.43. The normalized spacial score (nSPS) is 44.7. The number of rotatable bonds is 3. The maximum atomic E-state index is 11.2. The van der Waals surface area contributed by atoms with Crippen molar-refractivity contribution < 1.29 is 4.79 Å². The molecule has 4 rings (SSSR count). The van der Waals surface area contributed by atoms with Gasteiger partial charge in [0.1, 0.15) is 0 Å². The Balaban J connectivity index is 1.67. The van der Waals surface area contributed by atoms with Crippen molar-refractivity contribution in [2.45, 2.75) is 44.1 Å². The lowest BCUT2D eigenvalue weighted by molar-refractivity contribution is -0.121. The van der Waals surface area contributed by atoms with E-state index < -0.39 is 0 Å². The van der Waals surface area contributed by atoms with E-state index in [0.717, 1.165) is 17.8 Å². The summed E-state index contributed by atoms with van der Waals surface area (Å²) < 4.78 is 0. The van der Waals surface area contributed by atoms with Crippen LogP contribution in [0.5, 0.6) is 0 Å². The highest BCUT2D eigenvalue weighted by Crippen LogP contribution is 2.55. The zero-order valence-electron chi connectivity index (χ0n) is 9.67. The molecular weight excluding hydrogens is 202 g/mol. The molecule has 0 radical (unpaired) electrons. The first-order chi connectivity index (χ1) is 7.69. The smallest absolute Gasteiger partial charge is 0.247 e. The molecule has 4 N–H and O–H groups in total. The Morgan fingerprint density at radius 2 is 1.62 bits per heavy atom. The highest BCUT2D eigenvalue weighted by atomic mass is 16.2. The molecule has 1 amide bonds. The van der Waals surface area contributed by atoms with Crippen LogP contribution in [0, 0.1) is 17.8 Å². The van der Waals surface area contributed by atoms with Gasteiger partial charge in [0.25, 0.3) is 0 Å². The summed E-state index contributed by atoms with van der Waals surface area (Å²) >= 11 is 0. The number of nitrogens with two attached hydrogens (primary N) is 1. The maximum absolute atomic E-state index is 11.2. The van der Waals surface area contributed by atoms with Crippen LogP contribution < -0.4 is 16.6 Å². The zero-order chi connectivity index (χ0) is 11.2. The predicted octanol–water partition coefficient (Wildman–Crippen LogP) is 0.535. The van der Waals surface area contributed by atoms with Crippen LogP contribution in [0.4, 0.5) is 0 Å². The molecule has 4 nitrogen and oxygen atoms in total. The van der Waals surface area contributed by atoms with Gasteiger partial charge in [-0.25, -0.2) is 5.84 Å². The summed E-state index contributed by atoms with van der Waals surface area (Å²) in [6, 6.07) is 0. The summed E-state index contributed by atoms with van der Waals surface area (Å²) in [5.41, 5.74) is 2.46. The van der Waals surface area contributed by atoms with Gasteiger partial charge in [-0.15, -0.1) is 0 Å². The highest BCUT2D eigenvalue weighted by molar-refractivity contribution is 5.77. The molecule has 0 saturated heterocycles. The van der Waals surface area contributed by atoms with Gasteiger partial charge in [-0.1, -0.05) is 0 Å². The summed E-state index contributed by atoms with van der Waals surface area (Å²) in [6.45, 7) is 0.378. The van der Waals surface area contributed by atoms with Gasteiger partial charge in [0, 0.05) is 5.54 Å². The number of amides is 1. The predicted molar refractivity (Wildman–Crippen MR) is 61.2 cm³/mol. The molecule has 4 fully saturated rings. The molecule has 90 valence electrons. The van der Waals surface area contributed by atoms with Crippen LogP contribution >= 0.6 is 0 Å². The molecule has 4 bridgehead atoms. The van der Waals surface area contributed by atoms with E-state index in [1.165, 1.54) is 38.5 Å². The highest BCUT2D eigenvalue weighted by Gasteiger charge is 2.50. The van der Waals surface area contributed by atoms with E-state index in [1.54, 1.807) is 0 Å². The third-order valence-corrected chi connectivity index (χ3v) is 4.82. The minimum Gasteiger partial charge on any atom is -0.303 e. The zero-order valence-corrected chi connectivity index (χ0v) is 9.67. The second kappa shape index (κ2) is 3.70. The quantitative estimate of drug-likeness (QED) is 0.371. The molecule has 0 aromatic rings. The topological polar surface area (TPSA) is 67.1 Å². The Bertz CT molecular complexity index is 267. The Morgan fingerprint density at radius 3 is 2.06 bits per heavy atom. The molecule has 0 atom stereocenters. The number of hydrogen-bond donors (Lipinski definition) is 3. The molecule has 0 spiro atoms. The standard InChI is InChI=1S/C12H21N3O/c13-15-11(16)7-14-12-4-8-1-9(5-12)3-10(2-8)6-12/h8-10,14H,1-7,13H2,(H,15,16). The fraction of sp³-hybridized carbons (Fsp3) is 0.917. The van der Waals surface area contributed by atoms with Crippen LogP contribution in [0.15, 0.2) is 0 Å². The summed E-state index contributed by atoms with van der Waals surface area (Å²) in [4.78, 5) is 11.2. The average Bonchev–Trinajstić information content (AvgIpc) is 2.24. The molecule has 4 saturated carbocycles. The van der Waals surface area contributed by atoms with Gasteiger partial charge < -0.3 is 5.32 Å². The SMILES string of the molecule is NNC(=O)CNC12CC3CC(CC(C3)C1)C2. The van der Waals surface area contributed by atoms with Gasteiger partial charge in [-0.05, 0) is 56.3 Å². The number of hydrazine groups is 1. The largest absolute Gasteiger partial charge is 0.303 e. The van der Waals surface area contributed by atoms with Crippen LogP contribution in [0.3, 0.4) is 0 Å². The van der Waals surface area contributed by atoms with E-state index in [0.29, 0.717) is 6.54 Å². The first-order valence-electron chi connectivity index (χ1n) is 6.43. The van der Waals surface area contributed by atoms with Crippen LogP contribution in [-0.2, 0) is 4.79 Å². The number of carbonyl (C=O) groups is 1. The van der Waals surface area contributed by atoms with Crippen molar-refractivity contribution in [2.75, 3.05) is 6.54 Å². The Hall–Kier alpha value is -0.610. The molecule has 0 aromatic heterocycles. The molecule has 4 aliphatic rings. The van der Waals surface area contributed by atoms with Crippen molar-refractivity contribution >= 4 is 5.91 Å². The monoisotopic (exact) mass is 223 g/mol. The van der Waals surface area contributed by atoms with E-state index in [-0.39, 0.29) is 11.4 Å². The van der Waals surface area contributed by atoms with Gasteiger partial charge in [-0.3, -0.25) is 10.2 Å². The van der Waals surface area contributed by atoms with E-state index in [9.17, 15) is 4.79 Å². The van der Waals surface area contributed by atoms with Crippen LogP contribution in [0.2, 0.25) is 0 Å². The van der Waals surface area contributed by atoms with Gasteiger partial charge in [0.15, 0.2) is 0 Å². The Labute approximate surface area is 96.3 Å². The molecule has 0 unspecified atom stereocenters. The summed E-state index contributed by atoms with van der Waals surface area (Å²) in [6.07, 6.45) is 8.13. The lowest BCUT2D eigenvalue weighted by Gasteiger charge is -2.57. The number of nitrogens with one attached hydrogen (secondary N) is 2. The number of hydrogen-bond acceptors (Lipinski definition) is 3. The van der Waals surface area contributed by atoms with Gasteiger partial charge in [-0.2, -0.15) is 0 Å². The third kappa shape index (κ3) is 1.74. The maximum Gasteiger partial charge on any atom is 0.247 e. The van der Waals surface area contributed by atoms with Crippen LogP contribution in [-0.4, -0.2) is 18.0 Å². The minimum absolute atomic E-state index is 0.101. The second-order valence-corrected chi connectivity index (χ2v) is 6.12. The van der Waals surface area contributed by atoms with E-state index in [4.69, 9.17) is 5.84 Å². The Morgan fingerprint density at radius 1 is 1.12 bits per heavy atom. The average molecular weight is 223 g/mol. The van der Waals surface area contributed by atoms with Gasteiger partial charge in [0.05, 0.1) is 6.54 Å². The molecule has 4 heteroatoms. The Kier molecular flexibility index (Phi) is 2.44. The molecule has 4 aliphatic carbocycles. The van der Waals surface area contributed by atoms with E-state index >= 15 is 0 Å². The van der Waals surface area contributed by atoms with Crippen LogP contribution in [0.1, 0.15) is 38.5 Å². The molecular formula is C12H21N3O. The fourth-order valence-corrected chi connectivity index (χ4v) is 4.65. The second-order valence-electron chi connectivity index (χ2n) is 6.12. The molecule has 16 heavy (non-hydrogen) atoms. The summed E-state index contributed by atoms with van der Waals surface area (Å²) in [5, 5.41) is 3.49. The lowest BCUT2D eigenvalue weighted by atomic mass is 9.53. The third-order valence-electron chi connectivity index (χ3n) is 4.82. The number of carbonyl (C=O) groups excluding carboxylic acids is 1. The molecule has 0 aliphatic heterocycles. The van der Waals surface area contributed by atoms with Crippen molar-refractivity contribution in [3.05, 3.63) is 0 Å². The van der Waals surface area contributed by atoms with E-state index in [2.05, 4.69) is 10.7 Å². The van der Waals surface area contributed by atoms with Crippen molar-refractivity contribution in [1.82, 2.24) is 10.7 Å². The van der Waals surface area contributed by atoms with Crippen molar-refractivity contribution in [3.63, 3.8) is 0 Å². The van der Waals surface area contributed by atoms with Crippen molar-refractivity contribution in [1.29, 1.82) is 0 Å². The first kappa shape index (κ1) is 10.5. The fourth-order valence-electron chi connectivity index (χ4n) is 4.65. The minimum atomic E-state index is -0.101. The van der Waals surface area contributed by atoms with Crippen LogP contribution in [0.25, 0.3) is 0 Å². The lowest BCUT2D eigenvalue weighted by Crippen LogP contribution is -2.60. The van der Waals surface area contributed by atoms with Gasteiger partial charge in [0.2, 0.25) is 5.91 Å². The molecule has 0 heterocycles.